The minimum absolute atomic E-state index is 0.519. The molecule has 0 heterocycles. The number of carboxylic acids is 1. The number of rotatable bonds is 12. The summed E-state index contributed by atoms with van der Waals surface area (Å²) in [4.78, 5) is 22.9. The first kappa shape index (κ1) is 20.9. The maximum absolute atomic E-state index is 11.8. The molecule has 0 aliphatic carbocycles. The second-order valence-corrected chi connectivity index (χ2v) is 6.73. The number of carbonyl (C=O) groups excluding carboxylic acids is 1. The van der Waals surface area contributed by atoms with E-state index in [9.17, 15) is 9.59 Å². The third kappa shape index (κ3) is 11.5. The van der Waals surface area contributed by atoms with E-state index in [0.717, 1.165) is 19.3 Å². The zero-order valence-corrected chi connectivity index (χ0v) is 14.6. The van der Waals surface area contributed by atoms with Crippen LogP contribution in [0.2, 0.25) is 0 Å². The highest BCUT2D eigenvalue weighted by molar-refractivity contribution is 5.98. The first-order valence-corrected chi connectivity index (χ1v) is 8.47. The van der Waals surface area contributed by atoms with Crippen LogP contribution >= 0.6 is 0 Å². The maximum atomic E-state index is 11.8. The summed E-state index contributed by atoms with van der Waals surface area (Å²) in [5.74, 6) is -1.91. The number of ether oxygens (including phenoxy) is 1. The van der Waals surface area contributed by atoms with Gasteiger partial charge in [-0.2, -0.15) is 0 Å². The molecule has 22 heavy (non-hydrogen) atoms. The van der Waals surface area contributed by atoms with Gasteiger partial charge in [-0.3, -0.25) is 5.32 Å². The molecule has 0 amide bonds. The van der Waals surface area contributed by atoms with Gasteiger partial charge in [0.05, 0.1) is 0 Å². The number of carboxylic acid groups (broad SMARTS) is 1. The number of nitrogens with one attached hydrogen (secondary N) is 1. The van der Waals surface area contributed by atoms with Crippen molar-refractivity contribution in [1.29, 1.82) is 0 Å². The standard InChI is InChI=1S/C17H33NO4/c1-5-6-7-8-9-10-11-12-13-18-14(15(19)20)16(21)22-17(2,3)4/h14,18H,5-13H2,1-4H3,(H,19,20). The van der Waals surface area contributed by atoms with E-state index >= 15 is 0 Å². The van der Waals surface area contributed by atoms with Crippen LogP contribution in [0.1, 0.15) is 79.1 Å². The van der Waals surface area contributed by atoms with E-state index in [0.29, 0.717) is 6.54 Å². The first-order valence-electron chi connectivity index (χ1n) is 8.47. The fraction of sp³-hybridized carbons (Fsp3) is 0.882. The molecular formula is C17H33NO4. The smallest absolute Gasteiger partial charge is 0.335 e. The third-order valence-electron chi connectivity index (χ3n) is 3.27. The van der Waals surface area contributed by atoms with Crippen LogP contribution in [0.4, 0.5) is 0 Å². The van der Waals surface area contributed by atoms with Gasteiger partial charge in [0.15, 0.2) is 0 Å². The van der Waals surface area contributed by atoms with Gasteiger partial charge in [0, 0.05) is 0 Å². The summed E-state index contributed by atoms with van der Waals surface area (Å²) in [5.41, 5.74) is -0.676. The van der Waals surface area contributed by atoms with Crippen molar-refractivity contribution in [2.24, 2.45) is 0 Å². The van der Waals surface area contributed by atoms with Crippen LogP contribution in [0, 0.1) is 0 Å². The van der Waals surface area contributed by atoms with Crippen LogP contribution in [0.15, 0.2) is 0 Å². The zero-order valence-electron chi connectivity index (χ0n) is 14.6. The number of unbranched alkanes of at least 4 members (excludes halogenated alkanes) is 7. The van der Waals surface area contributed by atoms with Crippen molar-refractivity contribution in [3.63, 3.8) is 0 Å². The fourth-order valence-electron chi connectivity index (χ4n) is 2.14. The summed E-state index contributed by atoms with van der Waals surface area (Å²) in [5, 5.41) is 11.9. The van der Waals surface area contributed by atoms with Crippen molar-refractivity contribution in [2.75, 3.05) is 6.54 Å². The molecule has 0 bridgehead atoms. The number of esters is 1. The van der Waals surface area contributed by atoms with Crippen LogP contribution in [-0.4, -0.2) is 35.2 Å². The molecule has 0 rings (SSSR count). The number of hydrogen-bond donors (Lipinski definition) is 2. The summed E-state index contributed by atoms with van der Waals surface area (Å²) in [6.45, 7) is 7.90. The van der Waals surface area contributed by atoms with Crippen molar-refractivity contribution in [1.82, 2.24) is 5.32 Å². The van der Waals surface area contributed by atoms with E-state index in [1.165, 1.54) is 32.1 Å². The van der Waals surface area contributed by atoms with Crippen LogP contribution in [-0.2, 0) is 14.3 Å². The Labute approximate surface area is 134 Å². The predicted octanol–water partition coefficient (Wildman–Crippen LogP) is 3.51. The summed E-state index contributed by atoms with van der Waals surface area (Å²) in [6.07, 6.45) is 9.46. The average Bonchev–Trinajstić information content (AvgIpc) is 2.38. The Morgan fingerprint density at radius 2 is 1.50 bits per heavy atom. The molecule has 0 fully saturated rings. The summed E-state index contributed by atoms with van der Waals surface area (Å²) >= 11 is 0. The molecule has 0 aliphatic rings. The van der Waals surface area contributed by atoms with E-state index in [-0.39, 0.29) is 0 Å². The van der Waals surface area contributed by atoms with Crippen molar-refractivity contribution >= 4 is 11.9 Å². The van der Waals surface area contributed by atoms with Gasteiger partial charge in [-0.1, -0.05) is 51.9 Å². The zero-order chi connectivity index (χ0) is 17.0. The monoisotopic (exact) mass is 315 g/mol. The highest BCUT2D eigenvalue weighted by atomic mass is 16.6. The first-order chi connectivity index (χ1) is 10.3. The number of hydrogen-bond acceptors (Lipinski definition) is 4. The van der Waals surface area contributed by atoms with Gasteiger partial charge in [0.1, 0.15) is 5.60 Å². The summed E-state index contributed by atoms with van der Waals surface area (Å²) in [6, 6.07) is -1.27. The molecule has 0 aromatic heterocycles. The molecule has 0 aliphatic heterocycles. The van der Waals surface area contributed by atoms with Gasteiger partial charge in [-0.25, -0.2) is 9.59 Å². The molecule has 0 spiro atoms. The predicted molar refractivity (Wildman–Crippen MR) is 87.9 cm³/mol. The van der Waals surface area contributed by atoms with Gasteiger partial charge < -0.3 is 9.84 Å². The van der Waals surface area contributed by atoms with E-state index < -0.39 is 23.6 Å². The molecule has 0 aromatic rings. The third-order valence-corrected chi connectivity index (χ3v) is 3.27. The van der Waals surface area contributed by atoms with Gasteiger partial charge >= 0.3 is 11.9 Å². The van der Waals surface area contributed by atoms with Crippen molar-refractivity contribution in [2.45, 2.75) is 90.7 Å². The highest BCUT2D eigenvalue weighted by Gasteiger charge is 2.30. The topological polar surface area (TPSA) is 75.6 Å². The van der Waals surface area contributed by atoms with E-state index in [1.807, 2.05) is 0 Å². The average molecular weight is 315 g/mol. The molecule has 0 saturated heterocycles. The van der Waals surface area contributed by atoms with Crippen LogP contribution in [0.25, 0.3) is 0 Å². The van der Waals surface area contributed by atoms with Gasteiger partial charge in [-0.05, 0) is 33.7 Å². The Morgan fingerprint density at radius 1 is 1.00 bits per heavy atom. The van der Waals surface area contributed by atoms with Crippen LogP contribution in [0.3, 0.4) is 0 Å². The Hall–Kier alpha value is -1.10. The molecule has 1 unspecified atom stereocenters. The molecule has 1 atom stereocenters. The summed E-state index contributed by atoms with van der Waals surface area (Å²) < 4.78 is 5.11. The van der Waals surface area contributed by atoms with Gasteiger partial charge in [0.25, 0.3) is 0 Å². The molecule has 0 radical (unpaired) electrons. The highest BCUT2D eigenvalue weighted by Crippen LogP contribution is 2.10. The number of carbonyl (C=O) groups is 2. The van der Waals surface area contributed by atoms with Gasteiger partial charge in [0.2, 0.25) is 6.04 Å². The lowest BCUT2D eigenvalue weighted by Crippen LogP contribution is -2.46. The Balaban J connectivity index is 3.84. The second-order valence-electron chi connectivity index (χ2n) is 6.73. The van der Waals surface area contributed by atoms with Gasteiger partial charge in [-0.15, -0.1) is 0 Å². The summed E-state index contributed by atoms with van der Waals surface area (Å²) in [7, 11) is 0. The maximum Gasteiger partial charge on any atom is 0.335 e. The lowest BCUT2D eigenvalue weighted by atomic mass is 10.1. The second kappa shape index (κ2) is 11.5. The number of aliphatic carboxylic acids is 1. The fourth-order valence-corrected chi connectivity index (χ4v) is 2.14. The van der Waals surface area contributed by atoms with Crippen molar-refractivity contribution < 1.29 is 19.4 Å². The molecule has 5 heteroatoms. The quantitative estimate of drug-likeness (QED) is 0.327. The minimum atomic E-state index is -1.27. The molecule has 0 saturated carbocycles. The Kier molecular flexibility index (Phi) is 10.9. The molecule has 130 valence electrons. The normalized spacial score (nSPS) is 12.9. The lowest BCUT2D eigenvalue weighted by molar-refractivity contribution is -0.163. The van der Waals surface area contributed by atoms with E-state index in [1.54, 1.807) is 20.8 Å². The van der Waals surface area contributed by atoms with Crippen LogP contribution in [0.5, 0.6) is 0 Å². The molecule has 2 N–H and O–H groups in total. The van der Waals surface area contributed by atoms with Crippen molar-refractivity contribution in [3.8, 4) is 0 Å². The van der Waals surface area contributed by atoms with E-state index in [2.05, 4.69) is 12.2 Å². The van der Waals surface area contributed by atoms with E-state index in [4.69, 9.17) is 9.84 Å². The molecule has 5 nitrogen and oxygen atoms in total. The molecular weight excluding hydrogens is 282 g/mol. The molecule has 0 aromatic carbocycles. The minimum Gasteiger partial charge on any atom is -0.480 e. The lowest BCUT2D eigenvalue weighted by Gasteiger charge is -2.22. The Bertz CT molecular complexity index is 323. The Morgan fingerprint density at radius 3 is 1.95 bits per heavy atom. The SMILES string of the molecule is CCCCCCCCCCNC(C(=O)O)C(=O)OC(C)(C)C. The van der Waals surface area contributed by atoms with Crippen LogP contribution < -0.4 is 5.32 Å². The van der Waals surface area contributed by atoms with Crippen molar-refractivity contribution in [3.05, 3.63) is 0 Å². The largest absolute Gasteiger partial charge is 0.480 e.